The van der Waals surface area contributed by atoms with Crippen LogP contribution in [0.5, 0.6) is 0 Å². The Labute approximate surface area is 281 Å². The Morgan fingerprint density at radius 1 is 0.745 bits per heavy atom. The van der Waals surface area contributed by atoms with Crippen molar-refractivity contribution < 1.29 is 39.2 Å². The summed E-state index contributed by atoms with van der Waals surface area (Å²) in [5.41, 5.74) is 3.71. The number of aromatic carboxylic acids is 1. The minimum Gasteiger partial charge on any atom is -0.480 e. The molecule has 0 aliphatic rings. The lowest BCUT2D eigenvalue weighted by Gasteiger charge is -2.18. The molecule has 47 heavy (non-hydrogen) atoms. The van der Waals surface area contributed by atoms with Crippen molar-refractivity contribution in [1.29, 1.82) is 0 Å². The van der Waals surface area contributed by atoms with E-state index < -0.39 is 33.4 Å². The van der Waals surface area contributed by atoms with E-state index in [0.717, 1.165) is 21.0 Å². The summed E-state index contributed by atoms with van der Waals surface area (Å²) in [5, 5.41) is 35.1. The van der Waals surface area contributed by atoms with Gasteiger partial charge in [0.1, 0.15) is 9.49 Å². The SMILES string of the molecule is CC(C)(Sc1ccc(C(=O)O)cc1)C(=O)O.Cc1ccc(Cn2cc(CCOC(=O)c3ccc(SC(C)(C)C(=O)O)cc3)nn2)cc1. The lowest BCUT2D eigenvalue weighted by molar-refractivity contribution is -0.139. The van der Waals surface area contributed by atoms with Crippen molar-refractivity contribution in [3.63, 3.8) is 0 Å². The summed E-state index contributed by atoms with van der Waals surface area (Å²) in [6, 6.07) is 21.1. The molecule has 1 aromatic heterocycles. The quantitative estimate of drug-likeness (QED) is 0.106. The van der Waals surface area contributed by atoms with Gasteiger partial charge in [0, 0.05) is 22.4 Å². The molecule has 3 N–H and O–H groups in total. The largest absolute Gasteiger partial charge is 0.480 e. The fourth-order valence-corrected chi connectivity index (χ4v) is 5.64. The molecule has 248 valence electrons. The Morgan fingerprint density at radius 3 is 1.70 bits per heavy atom. The number of aryl methyl sites for hydroxylation is 1. The Bertz CT molecular complexity index is 1680. The number of thioether (sulfide) groups is 2. The number of esters is 1. The number of hydrogen-bond donors (Lipinski definition) is 3. The van der Waals surface area contributed by atoms with Gasteiger partial charge in [0.05, 0.1) is 30.0 Å². The van der Waals surface area contributed by atoms with Crippen LogP contribution in [0.3, 0.4) is 0 Å². The van der Waals surface area contributed by atoms with Gasteiger partial charge in [0.2, 0.25) is 0 Å². The highest BCUT2D eigenvalue weighted by Gasteiger charge is 2.29. The van der Waals surface area contributed by atoms with E-state index in [1.807, 2.05) is 13.1 Å². The predicted molar refractivity (Wildman–Crippen MR) is 179 cm³/mol. The number of carboxylic acid groups (broad SMARTS) is 3. The number of aliphatic carboxylic acids is 2. The summed E-state index contributed by atoms with van der Waals surface area (Å²) in [6.45, 7) is 9.36. The maximum Gasteiger partial charge on any atom is 0.338 e. The average Bonchev–Trinajstić information content (AvgIpc) is 3.45. The molecule has 0 saturated heterocycles. The zero-order valence-corrected chi connectivity index (χ0v) is 28.3. The number of nitrogens with zero attached hydrogens (tertiary/aromatic N) is 3. The molecule has 0 unspecified atom stereocenters. The van der Waals surface area contributed by atoms with Gasteiger partial charge < -0.3 is 20.1 Å². The van der Waals surface area contributed by atoms with Crippen LogP contribution in [0.15, 0.2) is 88.8 Å². The van der Waals surface area contributed by atoms with Gasteiger partial charge in [-0.3, -0.25) is 9.59 Å². The maximum atomic E-state index is 12.2. The highest BCUT2D eigenvalue weighted by atomic mass is 32.2. The number of benzene rings is 3. The number of rotatable bonds is 13. The van der Waals surface area contributed by atoms with Crippen LogP contribution < -0.4 is 0 Å². The number of hydrogen-bond acceptors (Lipinski definition) is 9. The number of ether oxygens (including phenoxy) is 1. The Morgan fingerprint density at radius 2 is 1.23 bits per heavy atom. The lowest BCUT2D eigenvalue weighted by Crippen LogP contribution is -2.26. The first-order valence-corrected chi connectivity index (χ1v) is 16.1. The Hall–Kier alpha value is -4.62. The molecule has 0 radical (unpaired) electrons. The normalized spacial score (nSPS) is 11.3. The first kappa shape index (κ1) is 36.8. The molecule has 13 heteroatoms. The minimum absolute atomic E-state index is 0.192. The zero-order valence-electron chi connectivity index (χ0n) is 26.7. The van der Waals surface area contributed by atoms with Crippen LogP contribution in [0.1, 0.15) is 65.2 Å². The van der Waals surface area contributed by atoms with Crippen molar-refractivity contribution in [2.24, 2.45) is 0 Å². The molecule has 4 aromatic rings. The Kier molecular flexibility index (Phi) is 12.8. The third-order valence-electron chi connectivity index (χ3n) is 6.61. The van der Waals surface area contributed by atoms with E-state index in [-0.39, 0.29) is 12.2 Å². The number of carbonyl (C=O) groups is 4. The van der Waals surface area contributed by atoms with Gasteiger partial charge in [-0.2, -0.15) is 0 Å². The van der Waals surface area contributed by atoms with Crippen LogP contribution in [-0.4, -0.2) is 70.3 Å². The summed E-state index contributed by atoms with van der Waals surface area (Å²) in [4.78, 5) is 46.5. The van der Waals surface area contributed by atoms with Crippen LogP contribution in [0, 0.1) is 6.92 Å². The maximum absolute atomic E-state index is 12.2. The molecule has 4 rings (SSSR count). The molecule has 0 bridgehead atoms. The van der Waals surface area contributed by atoms with E-state index in [9.17, 15) is 24.3 Å². The van der Waals surface area contributed by atoms with Gasteiger partial charge in [-0.25, -0.2) is 14.3 Å². The standard InChI is InChI=1S/C23H25N3O4S.C11H12O4S/c1-16-4-6-17(7-5-16)14-26-15-19(24-25-26)12-13-30-21(27)18-8-10-20(11-9-18)31-23(2,3)22(28)29;1-11(2,10(14)15)16-8-5-3-7(4-6-8)9(12)13/h4-11,15H,12-14H2,1-3H3,(H,28,29);3-6H,1-2H3,(H,12,13)(H,14,15). The summed E-state index contributed by atoms with van der Waals surface area (Å²) in [5.74, 6) is -3.22. The second-order valence-electron chi connectivity index (χ2n) is 11.5. The van der Waals surface area contributed by atoms with Gasteiger partial charge in [-0.05, 0) is 88.7 Å². The highest BCUT2D eigenvalue weighted by Crippen LogP contribution is 2.33. The van der Waals surface area contributed by atoms with Gasteiger partial charge in [-0.15, -0.1) is 28.6 Å². The van der Waals surface area contributed by atoms with Crippen molar-refractivity contribution in [3.05, 3.63) is 107 Å². The van der Waals surface area contributed by atoms with Gasteiger partial charge in [0.15, 0.2) is 0 Å². The first-order chi connectivity index (χ1) is 22.1. The molecule has 0 atom stereocenters. The molecule has 0 saturated carbocycles. The summed E-state index contributed by atoms with van der Waals surface area (Å²) < 4.78 is 5.22. The van der Waals surface area contributed by atoms with Crippen LogP contribution >= 0.6 is 23.5 Å². The van der Waals surface area contributed by atoms with Crippen LogP contribution in [0.4, 0.5) is 0 Å². The molecule has 1 heterocycles. The fraction of sp³-hybridized carbons (Fsp3) is 0.294. The van der Waals surface area contributed by atoms with E-state index in [4.69, 9.17) is 14.9 Å². The van der Waals surface area contributed by atoms with Crippen molar-refractivity contribution in [1.82, 2.24) is 15.0 Å². The zero-order chi connectivity index (χ0) is 34.8. The molecule has 0 spiro atoms. The van der Waals surface area contributed by atoms with Crippen molar-refractivity contribution in [3.8, 4) is 0 Å². The second-order valence-corrected chi connectivity index (χ2v) is 14.9. The van der Waals surface area contributed by atoms with E-state index in [1.165, 1.54) is 41.2 Å². The third kappa shape index (κ3) is 11.6. The summed E-state index contributed by atoms with van der Waals surface area (Å²) in [6.07, 6.45) is 2.32. The summed E-state index contributed by atoms with van der Waals surface area (Å²) in [7, 11) is 0. The van der Waals surface area contributed by atoms with Crippen LogP contribution in [0.25, 0.3) is 0 Å². The Balaban J connectivity index is 0.000000316. The van der Waals surface area contributed by atoms with Gasteiger partial charge >= 0.3 is 23.9 Å². The lowest BCUT2D eigenvalue weighted by atomic mass is 10.1. The first-order valence-electron chi connectivity index (χ1n) is 14.5. The number of aromatic nitrogens is 3. The molecule has 0 aliphatic heterocycles. The molecule has 3 aromatic carbocycles. The smallest absolute Gasteiger partial charge is 0.338 e. The molecule has 0 aliphatic carbocycles. The van der Waals surface area contributed by atoms with Crippen molar-refractivity contribution in [2.45, 2.75) is 66.9 Å². The van der Waals surface area contributed by atoms with Crippen molar-refractivity contribution in [2.75, 3.05) is 6.61 Å². The predicted octanol–water partition coefficient (Wildman–Crippen LogP) is 6.33. The minimum atomic E-state index is -0.992. The molecule has 0 fully saturated rings. The summed E-state index contributed by atoms with van der Waals surface area (Å²) >= 11 is 2.41. The van der Waals surface area contributed by atoms with Crippen molar-refractivity contribution >= 4 is 47.4 Å². The van der Waals surface area contributed by atoms with Crippen LogP contribution in [0.2, 0.25) is 0 Å². The highest BCUT2D eigenvalue weighted by molar-refractivity contribution is 8.01. The fourth-order valence-electron chi connectivity index (χ4n) is 3.74. The number of carboxylic acids is 3. The molecular formula is C34H37N3O8S2. The van der Waals surface area contributed by atoms with Gasteiger partial charge in [0.25, 0.3) is 0 Å². The topological polar surface area (TPSA) is 169 Å². The molecule has 0 amide bonds. The third-order valence-corrected chi connectivity index (χ3v) is 9.00. The molecule has 11 nitrogen and oxygen atoms in total. The van der Waals surface area contributed by atoms with Gasteiger partial charge in [-0.1, -0.05) is 35.0 Å². The van der Waals surface area contributed by atoms with E-state index >= 15 is 0 Å². The number of carbonyl (C=O) groups excluding carboxylic acids is 1. The van der Waals surface area contributed by atoms with Crippen LogP contribution in [-0.2, 0) is 27.3 Å². The molecular weight excluding hydrogens is 643 g/mol. The van der Waals surface area contributed by atoms with E-state index in [0.29, 0.717) is 18.5 Å². The monoisotopic (exact) mass is 679 g/mol. The van der Waals surface area contributed by atoms with E-state index in [2.05, 4.69) is 34.6 Å². The second kappa shape index (κ2) is 16.3. The average molecular weight is 680 g/mol. The van der Waals surface area contributed by atoms with E-state index in [1.54, 1.807) is 68.8 Å².